The predicted octanol–water partition coefficient (Wildman–Crippen LogP) is 2.64. The van der Waals surface area contributed by atoms with Crippen molar-refractivity contribution in [2.75, 3.05) is 6.61 Å². The van der Waals surface area contributed by atoms with E-state index in [2.05, 4.69) is 22.5 Å². The normalized spacial score (nSPS) is 12.2. The molecule has 3 heteroatoms. The van der Waals surface area contributed by atoms with Gasteiger partial charge in [-0.05, 0) is 6.07 Å². The molecule has 0 aliphatic rings. The Kier molecular flexibility index (Phi) is 3.99. The van der Waals surface area contributed by atoms with Crippen LogP contribution in [0, 0.1) is 0 Å². The highest BCUT2D eigenvalue weighted by Gasteiger charge is 2.12. The minimum Gasteiger partial charge on any atom is -0.491 e. The maximum atomic E-state index is 9.04. The first-order valence-electron chi connectivity index (χ1n) is 3.91. The van der Waals surface area contributed by atoms with Gasteiger partial charge in [-0.1, -0.05) is 40.7 Å². The van der Waals surface area contributed by atoms with Gasteiger partial charge >= 0.3 is 0 Å². The van der Waals surface area contributed by atoms with Crippen LogP contribution in [-0.4, -0.2) is 11.7 Å². The monoisotopic (exact) mass is 242 g/mol. The van der Waals surface area contributed by atoms with E-state index in [-0.39, 0.29) is 12.7 Å². The van der Waals surface area contributed by atoms with Gasteiger partial charge in [0.15, 0.2) is 0 Å². The van der Waals surface area contributed by atoms with Crippen molar-refractivity contribution in [2.24, 2.45) is 0 Å². The summed E-state index contributed by atoms with van der Waals surface area (Å²) in [5, 5.41) is 9.04. The first-order chi connectivity index (χ1) is 6.29. The molecule has 1 rings (SSSR count). The molecule has 1 N–H and O–H groups in total. The van der Waals surface area contributed by atoms with Crippen molar-refractivity contribution >= 4 is 15.9 Å². The largest absolute Gasteiger partial charge is 0.491 e. The molecule has 0 saturated carbocycles. The van der Waals surface area contributed by atoms with Crippen LogP contribution in [0.3, 0.4) is 0 Å². The van der Waals surface area contributed by atoms with Gasteiger partial charge in [-0.25, -0.2) is 0 Å². The molecule has 1 aromatic carbocycles. The summed E-state index contributed by atoms with van der Waals surface area (Å²) < 4.78 is 6.07. The minimum atomic E-state index is -0.340. The Bertz CT molecular complexity index is 286. The zero-order chi connectivity index (χ0) is 9.68. The smallest absolute Gasteiger partial charge is 0.147 e. The van der Waals surface area contributed by atoms with Crippen molar-refractivity contribution in [3.8, 4) is 0 Å². The average molecular weight is 243 g/mol. The number of hydrogen-bond acceptors (Lipinski definition) is 2. The molecule has 0 aliphatic carbocycles. The van der Waals surface area contributed by atoms with E-state index in [4.69, 9.17) is 9.84 Å². The fraction of sp³-hybridized carbons (Fsp3) is 0.200. The Hall–Kier alpha value is -0.800. The third-order valence-corrected chi connectivity index (χ3v) is 2.40. The van der Waals surface area contributed by atoms with Gasteiger partial charge in [0.1, 0.15) is 6.10 Å². The van der Waals surface area contributed by atoms with Gasteiger partial charge in [0, 0.05) is 10.0 Å². The molecule has 0 bridgehead atoms. The number of hydrogen-bond donors (Lipinski definition) is 1. The number of aliphatic hydroxyl groups is 1. The molecular weight excluding hydrogens is 232 g/mol. The van der Waals surface area contributed by atoms with Gasteiger partial charge in [-0.3, -0.25) is 0 Å². The molecule has 0 heterocycles. The molecular formula is C10H11BrO2. The first-order valence-corrected chi connectivity index (χ1v) is 4.70. The van der Waals surface area contributed by atoms with E-state index >= 15 is 0 Å². The second-order valence-electron chi connectivity index (χ2n) is 2.50. The molecule has 0 aromatic heterocycles. The van der Waals surface area contributed by atoms with E-state index in [0.29, 0.717) is 0 Å². The van der Waals surface area contributed by atoms with Gasteiger partial charge in [0.25, 0.3) is 0 Å². The number of ether oxygens (including phenoxy) is 1. The molecule has 70 valence electrons. The predicted molar refractivity (Wildman–Crippen MR) is 55.3 cm³/mol. The number of benzene rings is 1. The highest BCUT2D eigenvalue weighted by molar-refractivity contribution is 9.10. The lowest BCUT2D eigenvalue weighted by molar-refractivity contribution is 0.0777. The van der Waals surface area contributed by atoms with Gasteiger partial charge in [-0.15, -0.1) is 0 Å². The van der Waals surface area contributed by atoms with Crippen molar-refractivity contribution in [1.82, 2.24) is 0 Å². The standard InChI is InChI=1S/C10H11BrO2/c1-2-13-10(7-12)8-5-3-4-6-9(8)11/h2-6,10,12H,1,7H2. The van der Waals surface area contributed by atoms with Gasteiger partial charge in [-0.2, -0.15) is 0 Å². The summed E-state index contributed by atoms with van der Waals surface area (Å²) in [5.41, 5.74) is 0.921. The van der Waals surface area contributed by atoms with Gasteiger partial charge < -0.3 is 9.84 Å². The zero-order valence-electron chi connectivity index (χ0n) is 7.11. The molecule has 13 heavy (non-hydrogen) atoms. The molecule has 0 aliphatic heterocycles. The highest BCUT2D eigenvalue weighted by Crippen LogP contribution is 2.25. The van der Waals surface area contributed by atoms with Crippen LogP contribution in [0.15, 0.2) is 41.6 Å². The van der Waals surface area contributed by atoms with Crippen LogP contribution in [0.25, 0.3) is 0 Å². The van der Waals surface area contributed by atoms with Crippen LogP contribution in [-0.2, 0) is 4.74 Å². The molecule has 1 unspecified atom stereocenters. The van der Waals surface area contributed by atoms with Gasteiger partial charge in [0.05, 0.1) is 12.9 Å². The summed E-state index contributed by atoms with van der Waals surface area (Å²) in [6.07, 6.45) is 0.994. The van der Waals surface area contributed by atoms with Crippen LogP contribution in [0.5, 0.6) is 0 Å². The van der Waals surface area contributed by atoms with Crippen molar-refractivity contribution in [3.05, 3.63) is 47.1 Å². The Labute approximate surface area is 86.0 Å². The quantitative estimate of drug-likeness (QED) is 0.823. The Balaban J connectivity index is 2.90. The molecule has 0 radical (unpaired) electrons. The van der Waals surface area contributed by atoms with E-state index in [9.17, 15) is 0 Å². The highest BCUT2D eigenvalue weighted by atomic mass is 79.9. The van der Waals surface area contributed by atoms with Gasteiger partial charge in [0.2, 0.25) is 0 Å². The van der Waals surface area contributed by atoms with Crippen LogP contribution in [0.4, 0.5) is 0 Å². The summed E-state index contributed by atoms with van der Waals surface area (Å²) in [4.78, 5) is 0. The second-order valence-corrected chi connectivity index (χ2v) is 3.35. The molecule has 0 saturated heterocycles. The van der Waals surface area contributed by atoms with Crippen molar-refractivity contribution in [2.45, 2.75) is 6.10 Å². The molecule has 0 fully saturated rings. The SMILES string of the molecule is C=COC(CO)c1ccccc1Br. The molecule has 2 nitrogen and oxygen atoms in total. The van der Waals surface area contributed by atoms with Crippen LogP contribution >= 0.6 is 15.9 Å². The van der Waals surface area contributed by atoms with Crippen molar-refractivity contribution in [3.63, 3.8) is 0 Å². The molecule has 1 aromatic rings. The van der Waals surface area contributed by atoms with Crippen LogP contribution in [0.1, 0.15) is 11.7 Å². The van der Waals surface area contributed by atoms with E-state index in [0.717, 1.165) is 10.0 Å². The topological polar surface area (TPSA) is 29.5 Å². The van der Waals surface area contributed by atoms with E-state index in [1.165, 1.54) is 6.26 Å². The summed E-state index contributed by atoms with van der Waals surface area (Å²) in [7, 11) is 0. The number of halogens is 1. The Morgan fingerprint density at radius 2 is 2.23 bits per heavy atom. The Morgan fingerprint density at radius 3 is 2.77 bits per heavy atom. The zero-order valence-corrected chi connectivity index (χ0v) is 8.70. The average Bonchev–Trinajstić information content (AvgIpc) is 2.16. The second kappa shape index (κ2) is 5.04. The lowest BCUT2D eigenvalue weighted by Crippen LogP contribution is -2.06. The lowest BCUT2D eigenvalue weighted by atomic mass is 10.1. The fourth-order valence-corrected chi connectivity index (χ4v) is 1.61. The summed E-state index contributed by atoms with van der Waals surface area (Å²) in [5.74, 6) is 0. The van der Waals surface area contributed by atoms with Crippen molar-refractivity contribution in [1.29, 1.82) is 0 Å². The minimum absolute atomic E-state index is 0.0609. The van der Waals surface area contributed by atoms with E-state index < -0.39 is 0 Å². The van der Waals surface area contributed by atoms with E-state index in [1.54, 1.807) is 0 Å². The fourth-order valence-electron chi connectivity index (χ4n) is 1.07. The lowest BCUT2D eigenvalue weighted by Gasteiger charge is -2.15. The summed E-state index contributed by atoms with van der Waals surface area (Å²) in [6.45, 7) is 3.39. The maximum absolute atomic E-state index is 9.04. The van der Waals surface area contributed by atoms with Crippen LogP contribution in [0.2, 0.25) is 0 Å². The summed E-state index contributed by atoms with van der Waals surface area (Å²) >= 11 is 3.38. The maximum Gasteiger partial charge on any atom is 0.147 e. The molecule has 1 atom stereocenters. The number of aliphatic hydroxyl groups excluding tert-OH is 1. The van der Waals surface area contributed by atoms with E-state index in [1.807, 2.05) is 24.3 Å². The van der Waals surface area contributed by atoms with Crippen LogP contribution < -0.4 is 0 Å². The third-order valence-electron chi connectivity index (χ3n) is 1.68. The van der Waals surface area contributed by atoms with Crippen molar-refractivity contribution < 1.29 is 9.84 Å². The summed E-state index contributed by atoms with van der Waals surface area (Å²) in [6, 6.07) is 7.62. The third kappa shape index (κ3) is 2.57. The first kappa shape index (κ1) is 10.3. The molecule has 0 spiro atoms. The molecule has 0 amide bonds. The number of rotatable bonds is 4. The Morgan fingerprint density at radius 1 is 1.54 bits per heavy atom.